The molecule has 2 aromatic rings. The quantitative estimate of drug-likeness (QED) is 0.709. The molecule has 0 saturated heterocycles. The molecule has 1 aliphatic carbocycles. The van der Waals surface area contributed by atoms with Gasteiger partial charge in [-0.25, -0.2) is 0 Å². The normalized spacial score (nSPS) is 12.3. The van der Waals surface area contributed by atoms with Crippen LogP contribution in [0.2, 0.25) is 0 Å². The third-order valence-corrected chi connectivity index (χ3v) is 3.70. The largest absolute Gasteiger partial charge is 0.380 e. The van der Waals surface area contributed by atoms with E-state index in [1.807, 2.05) is 0 Å². The van der Waals surface area contributed by atoms with Gasteiger partial charge in [0.1, 0.15) is 0 Å². The van der Waals surface area contributed by atoms with Crippen molar-refractivity contribution in [3.05, 3.63) is 58.7 Å². The minimum absolute atomic E-state index is 0.657. The molecule has 3 rings (SSSR count). The van der Waals surface area contributed by atoms with Crippen LogP contribution in [-0.2, 0) is 29.1 Å². The average Bonchev–Trinajstić information content (AvgIpc) is 2.80. The van der Waals surface area contributed by atoms with Crippen LogP contribution in [0.1, 0.15) is 22.3 Å². The number of hydrogen-bond acceptors (Lipinski definition) is 2. The summed E-state index contributed by atoms with van der Waals surface area (Å²) in [5, 5.41) is 0. The molecule has 0 amide bonds. The summed E-state index contributed by atoms with van der Waals surface area (Å²) in [5.74, 6) is 0. The zero-order valence-electron chi connectivity index (χ0n) is 11.4. The first-order valence-electron chi connectivity index (χ1n) is 6.55. The van der Waals surface area contributed by atoms with E-state index < -0.39 is 0 Å². The fourth-order valence-corrected chi connectivity index (χ4v) is 3.00. The van der Waals surface area contributed by atoms with Gasteiger partial charge in [-0.15, -0.1) is 0 Å². The van der Waals surface area contributed by atoms with Crippen molar-refractivity contribution in [2.45, 2.75) is 19.6 Å². The monoisotopic (exact) mass is 254 g/mol. The van der Waals surface area contributed by atoms with Crippen LogP contribution in [0.3, 0.4) is 0 Å². The van der Waals surface area contributed by atoms with Crippen molar-refractivity contribution in [3.8, 4) is 11.1 Å². The Kier molecular flexibility index (Phi) is 3.36. The van der Waals surface area contributed by atoms with Gasteiger partial charge in [0.15, 0.2) is 0 Å². The Morgan fingerprint density at radius 1 is 0.789 bits per heavy atom. The van der Waals surface area contributed by atoms with Crippen LogP contribution in [0.25, 0.3) is 11.1 Å². The van der Waals surface area contributed by atoms with Crippen LogP contribution in [0.5, 0.6) is 0 Å². The maximum atomic E-state index is 5.34. The molecule has 1 aliphatic rings. The van der Waals surface area contributed by atoms with Gasteiger partial charge < -0.3 is 9.47 Å². The van der Waals surface area contributed by atoms with Gasteiger partial charge in [-0.1, -0.05) is 36.4 Å². The molecule has 0 heterocycles. The van der Waals surface area contributed by atoms with E-state index in [9.17, 15) is 0 Å². The molecule has 0 bridgehead atoms. The van der Waals surface area contributed by atoms with Crippen molar-refractivity contribution in [2.24, 2.45) is 0 Å². The molecule has 0 fully saturated rings. The Bertz CT molecular complexity index is 549. The zero-order valence-corrected chi connectivity index (χ0v) is 11.4. The summed E-state index contributed by atoms with van der Waals surface area (Å²) in [6.45, 7) is 1.31. The topological polar surface area (TPSA) is 18.5 Å². The third-order valence-electron chi connectivity index (χ3n) is 3.70. The molecule has 0 aliphatic heterocycles. The highest BCUT2D eigenvalue weighted by Crippen LogP contribution is 2.41. The van der Waals surface area contributed by atoms with Crippen LogP contribution >= 0.6 is 0 Å². The first kappa shape index (κ1) is 12.4. The molecule has 0 aromatic heterocycles. The van der Waals surface area contributed by atoms with Gasteiger partial charge in [-0.2, -0.15) is 0 Å². The summed E-state index contributed by atoms with van der Waals surface area (Å²) in [4.78, 5) is 0. The van der Waals surface area contributed by atoms with E-state index >= 15 is 0 Å². The van der Waals surface area contributed by atoms with Crippen LogP contribution in [0.4, 0.5) is 0 Å². The number of fused-ring (bicyclic) bond motifs is 3. The second kappa shape index (κ2) is 5.16. The van der Waals surface area contributed by atoms with E-state index in [2.05, 4.69) is 36.4 Å². The number of rotatable bonds is 4. The number of hydrogen-bond donors (Lipinski definition) is 0. The first-order chi connectivity index (χ1) is 9.35. The van der Waals surface area contributed by atoms with Crippen molar-refractivity contribution in [2.75, 3.05) is 14.2 Å². The molecule has 98 valence electrons. The molecule has 0 radical (unpaired) electrons. The summed E-state index contributed by atoms with van der Waals surface area (Å²) in [6.07, 6.45) is 1.01. The molecule has 0 unspecified atom stereocenters. The number of ether oxygens (including phenoxy) is 2. The second-order valence-electron chi connectivity index (χ2n) is 4.95. The lowest BCUT2D eigenvalue weighted by molar-refractivity contribution is 0.184. The Labute approximate surface area is 114 Å². The minimum atomic E-state index is 0.657. The van der Waals surface area contributed by atoms with Crippen molar-refractivity contribution in [1.82, 2.24) is 0 Å². The molecular weight excluding hydrogens is 236 g/mol. The summed E-state index contributed by atoms with van der Waals surface area (Å²) in [7, 11) is 3.49. The Hall–Kier alpha value is -1.64. The van der Waals surface area contributed by atoms with Gasteiger partial charge in [0.2, 0.25) is 0 Å². The Morgan fingerprint density at radius 3 is 1.68 bits per heavy atom. The third kappa shape index (κ3) is 2.07. The number of methoxy groups -OCH3 is 2. The average molecular weight is 254 g/mol. The molecule has 2 nitrogen and oxygen atoms in total. The SMILES string of the molecule is COCc1cccc2c1-c1c(COC)cccc1C2. The van der Waals surface area contributed by atoms with E-state index in [1.165, 1.54) is 33.4 Å². The highest BCUT2D eigenvalue weighted by Gasteiger charge is 2.23. The summed E-state index contributed by atoms with van der Waals surface area (Å²) >= 11 is 0. The number of benzene rings is 2. The standard InChI is InChI=1S/C17H18O2/c1-18-10-14-7-3-5-12-9-13-6-4-8-15(11-19-2)17(13)16(12)14/h3-8H,9-11H2,1-2H3. The maximum absolute atomic E-state index is 5.34. The van der Waals surface area contributed by atoms with E-state index in [4.69, 9.17) is 9.47 Å². The lowest BCUT2D eigenvalue weighted by Gasteiger charge is -2.12. The van der Waals surface area contributed by atoms with Crippen molar-refractivity contribution < 1.29 is 9.47 Å². The predicted octanol–water partition coefficient (Wildman–Crippen LogP) is 3.55. The molecule has 2 heteroatoms. The minimum Gasteiger partial charge on any atom is -0.380 e. The van der Waals surface area contributed by atoms with Gasteiger partial charge in [0, 0.05) is 14.2 Å². The lowest BCUT2D eigenvalue weighted by Crippen LogP contribution is -1.96. The Balaban J connectivity index is 2.19. The summed E-state index contributed by atoms with van der Waals surface area (Å²) < 4.78 is 10.7. The van der Waals surface area contributed by atoms with Crippen LogP contribution in [-0.4, -0.2) is 14.2 Å². The lowest BCUT2D eigenvalue weighted by atomic mass is 9.96. The fourth-order valence-electron chi connectivity index (χ4n) is 3.00. The van der Waals surface area contributed by atoms with E-state index in [0.29, 0.717) is 13.2 Å². The Morgan fingerprint density at radius 2 is 1.26 bits per heavy atom. The second-order valence-corrected chi connectivity index (χ2v) is 4.95. The molecular formula is C17H18O2. The molecule has 0 saturated carbocycles. The molecule has 2 aromatic carbocycles. The fraction of sp³-hybridized carbons (Fsp3) is 0.294. The van der Waals surface area contributed by atoms with Crippen LogP contribution < -0.4 is 0 Å². The van der Waals surface area contributed by atoms with Crippen LogP contribution in [0.15, 0.2) is 36.4 Å². The smallest absolute Gasteiger partial charge is 0.0719 e. The molecule has 0 atom stereocenters. The highest BCUT2D eigenvalue weighted by atomic mass is 16.5. The summed E-state index contributed by atoms with van der Waals surface area (Å²) in [5.41, 5.74) is 8.03. The van der Waals surface area contributed by atoms with Gasteiger partial charge in [-0.05, 0) is 39.8 Å². The first-order valence-corrected chi connectivity index (χ1v) is 6.55. The molecule has 0 N–H and O–H groups in total. The van der Waals surface area contributed by atoms with Gasteiger partial charge in [-0.3, -0.25) is 0 Å². The summed E-state index contributed by atoms with van der Waals surface area (Å²) in [6, 6.07) is 13.0. The van der Waals surface area contributed by atoms with Gasteiger partial charge in [0.25, 0.3) is 0 Å². The molecule has 19 heavy (non-hydrogen) atoms. The van der Waals surface area contributed by atoms with E-state index in [1.54, 1.807) is 14.2 Å². The van der Waals surface area contributed by atoms with Crippen molar-refractivity contribution in [3.63, 3.8) is 0 Å². The van der Waals surface area contributed by atoms with Gasteiger partial charge >= 0.3 is 0 Å². The highest BCUT2D eigenvalue weighted by molar-refractivity contribution is 5.81. The van der Waals surface area contributed by atoms with Crippen LogP contribution in [0, 0.1) is 0 Å². The predicted molar refractivity (Wildman–Crippen MR) is 76.1 cm³/mol. The van der Waals surface area contributed by atoms with E-state index in [0.717, 1.165) is 6.42 Å². The van der Waals surface area contributed by atoms with E-state index in [-0.39, 0.29) is 0 Å². The maximum Gasteiger partial charge on any atom is 0.0719 e. The van der Waals surface area contributed by atoms with Crippen molar-refractivity contribution in [1.29, 1.82) is 0 Å². The van der Waals surface area contributed by atoms with Gasteiger partial charge in [0.05, 0.1) is 13.2 Å². The van der Waals surface area contributed by atoms with Crippen molar-refractivity contribution >= 4 is 0 Å². The zero-order chi connectivity index (χ0) is 13.2. The molecule has 0 spiro atoms.